The van der Waals surface area contributed by atoms with Crippen LogP contribution in [0.2, 0.25) is 0 Å². The van der Waals surface area contributed by atoms with Gasteiger partial charge in [-0.25, -0.2) is 9.97 Å². The molecule has 5 aromatic rings. The van der Waals surface area contributed by atoms with Gasteiger partial charge in [-0.05, 0) is 57.0 Å². The zero-order valence-corrected chi connectivity index (χ0v) is 21.4. The molecule has 1 unspecified atom stereocenters. The Bertz CT molecular complexity index is 1400. The summed E-state index contributed by atoms with van der Waals surface area (Å²) in [6, 6.07) is 14.8. The van der Waals surface area contributed by atoms with E-state index in [1.54, 1.807) is 0 Å². The maximum absolute atomic E-state index is 5.02. The minimum atomic E-state index is 0. The van der Waals surface area contributed by atoms with Crippen molar-refractivity contribution in [3.8, 4) is 0 Å². The van der Waals surface area contributed by atoms with E-state index in [0.29, 0.717) is 5.92 Å². The first-order valence-corrected chi connectivity index (χ1v) is 12.2. The van der Waals surface area contributed by atoms with Crippen molar-refractivity contribution in [3.05, 3.63) is 89.5 Å². The predicted molar refractivity (Wildman–Crippen MR) is 132 cm³/mol. The Morgan fingerprint density at radius 2 is 1.49 bits per heavy atom. The summed E-state index contributed by atoms with van der Waals surface area (Å²) in [5.74, 6) is 0.485. The molecule has 8 heteroatoms. The van der Waals surface area contributed by atoms with E-state index in [1.165, 1.54) is 29.9 Å². The van der Waals surface area contributed by atoms with Gasteiger partial charge in [0.1, 0.15) is 35.8 Å². The van der Waals surface area contributed by atoms with E-state index in [9.17, 15) is 0 Å². The zero-order valence-electron chi connectivity index (χ0n) is 20.6. The topological polar surface area (TPSA) is 52.4 Å². The van der Waals surface area contributed by atoms with E-state index in [2.05, 4.69) is 89.7 Å². The summed E-state index contributed by atoms with van der Waals surface area (Å²) in [5, 5.41) is 4.46. The summed E-state index contributed by atoms with van der Waals surface area (Å²) in [5.41, 5.74) is 8.11. The quantitative estimate of drug-likeness (QED) is 0.351. The van der Waals surface area contributed by atoms with Crippen LogP contribution in [0.4, 0.5) is 0 Å². The summed E-state index contributed by atoms with van der Waals surface area (Å²) in [6.45, 7) is 8.29. The molecule has 5 aromatic heterocycles. The molecule has 35 heavy (non-hydrogen) atoms. The predicted octanol–water partition coefficient (Wildman–Crippen LogP) is 1.43. The van der Waals surface area contributed by atoms with Crippen molar-refractivity contribution in [1.29, 1.82) is 0 Å². The fourth-order valence-corrected chi connectivity index (χ4v) is 5.93. The number of fused-ring (bicyclic) bond motifs is 2. The third-order valence-electron chi connectivity index (χ3n) is 7.56. The number of aryl methyl sites for hydroxylation is 3. The molecule has 0 N–H and O–H groups in total. The zero-order chi connectivity index (χ0) is 23.3. The number of quaternary nitrogens is 1. The Morgan fingerprint density at radius 1 is 0.886 bits per heavy atom. The lowest BCUT2D eigenvalue weighted by molar-refractivity contribution is -0.959. The average Bonchev–Trinajstić information content (AvgIpc) is 3.52. The van der Waals surface area contributed by atoms with Crippen LogP contribution in [0.15, 0.2) is 61.1 Å². The molecule has 0 amide bonds. The van der Waals surface area contributed by atoms with E-state index >= 15 is 0 Å². The van der Waals surface area contributed by atoms with Gasteiger partial charge in [-0.2, -0.15) is 5.10 Å². The largest absolute Gasteiger partial charge is 1.00 e. The van der Waals surface area contributed by atoms with Crippen molar-refractivity contribution >= 4 is 11.3 Å². The molecule has 1 atom stereocenters. The Balaban J connectivity index is 0.00000253. The molecular weight excluding hydrogens is 458 g/mol. The second-order valence-electron chi connectivity index (χ2n) is 10.0. The number of nitrogens with zero attached hydrogens (tertiary/aromatic N) is 7. The summed E-state index contributed by atoms with van der Waals surface area (Å²) >= 11 is 0. The highest BCUT2D eigenvalue weighted by Gasteiger charge is 2.38. The number of piperidine rings is 1. The molecule has 6 rings (SSSR count). The molecule has 182 valence electrons. The molecule has 0 radical (unpaired) electrons. The lowest BCUT2D eigenvalue weighted by Crippen LogP contribution is -3.00. The van der Waals surface area contributed by atoms with Gasteiger partial charge in [0.05, 0.1) is 19.0 Å². The standard InChI is InChI=1S/C27H32N7.ClH/c1-20-7-4-10-26-29-23(15-32(20)26)18-34(14-6-9-22(17-34)25-12-13-28-31(25)3)19-24-16-33-21(2)8-5-11-27(33)30-24;/h4-5,7-8,10-13,15-16,22H,6,9,14,17-19H2,1-3H3;1H/q+1;/p-1. The lowest BCUT2D eigenvalue weighted by Gasteiger charge is -2.43. The van der Waals surface area contributed by atoms with Gasteiger partial charge in [-0.15, -0.1) is 0 Å². The normalized spacial score (nSPS) is 17.6. The SMILES string of the molecule is Cc1cccc2nc(C[N+]3(Cc4cn5c(C)cccc5n4)CCCC(c4ccnn4C)C3)cn12.[Cl-]. The minimum absolute atomic E-state index is 0. The van der Waals surface area contributed by atoms with Crippen LogP contribution >= 0.6 is 0 Å². The van der Waals surface area contributed by atoms with Crippen molar-refractivity contribution in [2.75, 3.05) is 13.1 Å². The number of aromatic nitrogens is 6. The number of likely N-dealkylation sites (tertiary alicyclic amines) is 1. The van der Waals surface area contributed by atoms with Gasteiger partial charge in [0.25, 0.3) is 0 Å². The van der Waals surface area contributed by atoms with Crippen LogP contribution in [0.25, 0.3) is 11.3 Å². The summed E-state index contributed by atoms with van der Waals surface area (Å²) in [6.07, 6.45) is 8.77. The van der Waals surface area contributed by atoms with Crippen molar-refractivity contribution in [1.82, 2.24) is 28.5 Å². The average molecular weight is 490 g/mol. The molecule has 0 saturated carbocycles. The van der Waals surface area contributed by atoms with Crippen molar-refractivity contribution in [3.63, 3.8) is 0 Å². The lowest BCUT2D eigenvalue weighted by atomic mass is 9.92. The van der Waals surface area contributed by atoms with E-state index in [-0.39, 0.29) is 12.4 Å². The second-order valence-corrected chi connectivity index (χ2v) is 10.0. The Hall–Kier alpha value is -3.16. The molecule has 6 heterocycles. The third-order valence-corrected chi connectivity index (χ3v) is 7.56. The summed E-state index contributed by atoms with van der Waals surface area (Å²) in [4.78, 5) is 10.0. The van der Waals surface area contributed by atoms with Gasteiger partial charge in [0, 0.05) is 42.7 Å². The second kappa shape index (κ2) is 9.13. The fourth-order valence-electron chi connectivity index (χ4n) is 5.93. The number of pyridine rings is 2. The summed E-state index contributed by atoms with van der Waals surface area (Å²) < 4.78 is 7.43. The number of hydrogen-bond acceptors (Lipinski definition) is 3. The van der Waals surface area contributed by atoms with Gasteiger partial charge in [-0.3, -0.25) is 4.68 Å². The van der Waals surface area contributed by atoms with E-state index in [4.69, 9.17) is 9.97 Å². The van der Waals surface area contributed by atoms with E-state index < -0.39 is 0 Å². The van der Waals surface area contributed by atoms with Crippen molar-refractivity contribution in [2.45, 2.75) is 45.7 Å². The first-order valence-electron chi connectivity index (χ1n) is 12.2. The van der Waals surface area contributed by atoms with E-state index in [0.717, 1.165) is 53.3 Å². The van der Waals surface area contributed by atoms with Crippen LogP contribution in [0.1, 0.15) is 47.2 Å². The maximum Gasteiger partial charge on any atom is 0.137 e. The smallest absolute Gasteiger partial charge is 0.137 e. The molecule has 1 aliphatic heterocycles. The third kappa shape index (κ3) is 4.34. The monoisotopic (exact) mass is 489 g/mol. The molecule has 7 nitrogen and oxygen atoms in total. The van der Waals surface area contributed by atoms with Gasteiger partial charge in [-0.1, -0.05) is 12.1 Å². The Labute approximate surface area is 212 Å². The molecule has 0 bridgehead atoms. The highest BCUT2D eigenvalue weighted by atomic mass is 35.5. The number of halogens is 1. The van der Waals surface area contributed by atoms with Gasteiger partial charge >= 0.3 is 0 Å². The Morgan fingerprint density at radius 3 is 2.00 bits per heavy atom. The minimum Gasteiger partial charge on any atom is -1.00 e. The molecule has 0 spiro atoms. The number of hydrogen-bond donors (Lipinski definition) is 0. The number of imidazole rings is 2. The molecular formula is C27H32ClN7. The van der Waals surface area contributed by atoms with Gasteiger partial charge < -0.3 is 25.7 Å². The van der Waals surface area contributed by atoms with Crippen LogP contribution < -0.4 is 12.4 Å². The first-order chi connectivity index (χ1) is 16.5. The fraction of sp³-hybridized carbons (Fsp3) is 0.370. The van der Waals surface area contributed by atoms with Crippen LogP contribution in [-0.2, 0) is 20.1 Å². The highest BCUT2D eigenvalue weighted by molar-refractivity contribution is 5.42. The summed E-state index contributed by atoms with van der Waals surface area (Å²) in [7, 11) is 2.06. The van der Waals surface area contributed by atoms with Gasteiger partial charge in [0.15, 0.2) is 0 Å². The molecule has 1 aliphatic rings. The van der Waals surface area contributed by atoms with Crippen molar-refractivity contribution < 1.29 is 16.9 Å². The van der Waals surface area contributed by atoms with Crippen LogP contribution in [-0.4, -0.2) is 46.1 Å². The maximum atomic E-state index is 5.02. The first kappa shape index (κ1) is 23.6. The number of rotatable bonds is 5. The van der Waals surface area contributed by atoms with Gasteiger partial charge in [0.2, 0.25) is 0 Å². The van der Waals surface area contributed by atoms with Crippen molar-refractivity contribution in [2.24, 2.45) is 7.05 Å². The molecule has 0 aliphatic carbocycles. The molecule has 1 fully saturated rings. The van der Waals surface area contributed by atoms with Crippen LogP contribution in [0.3, 0.4) is 0 Å². The Kier molecular flexibility index (Phi) is 6.15. The molecule has 0 aromatic carbocycles. The molecule has 1 saturated heterocycles. The van der Waals surface area contributed by atoms with E-state index in [1.807, 2.05) is 10.9 Å². The van der Waals surface area contributed by atoms with Crippen LogP contribution in [0.5, 0.6) is 0 Å². The highest BCUT2D eigenvalue weighted by Crippen LogP contribution is 2.34. The van der Waals surface area contributed by atoms with Crippen LogP contribution in [0, 0.1) is 13.8 Å².